The number of anilines is 3. The van der Waals surface area contributed by atoms with Crippen LogP contribution in [0, 0.1) is 11.3 Å². The van der Waals surface area contributed by atoms with E-state index in [0.717, 1.165) is 18.2 Å². The van der Waals surface area contributed by atoms with Gasteiger partial charge in [0.2, 0.25) is 0 Å². The van der Waals surface area contributed by atoms with Crippen molar-refractivity contribution in [2.24, 2.45) is 0 Å². The van der Waals surface area contributed by atoms with Crippen LogP contribution in [-0.2, 0) is 6.18 Å². The van der Waals surface area contributed by atoms with Crippen molar-refractivity contribution in [3.63, 3.8) is 0 Å². The molecule has 0 bridgehead atoms. The lowest BCUT2D eigenvalue weighted by atomic mass is 10.1. The zero-order valence-corrected chi connectivity index (χ0v) is 11.1. The number of nitrogens with zero attached hydrogens (tertiary/aromatic N) is 2. The average molecular weight is 313 g/mol. The highest BCUT2D eigenvalue weighted by molar-refractivity contribution is 6.29. The fourth-order valence-corrected chi connectivity index (χ4v) is 1.86. The molecule has 0 fully saturated rings. The highest BCUT2D eigenvalue weighted by atomic mass is 35.5. The van der Waals surface area contributed by atoms with E-state index in [1.807, 2.05) is 0 Å². The molecule has 2 rings (SSSR count). The normalized spacial score (nSPS) is 11.0. The smallest absolute Gasteiger partial charge is 0.399 e. The Balaban J connectivity index is 2.39. The maximum absolute atomic E-state index is 12.6. The van der Waals surface area contributed by atoms with Crippen LogP contribution in [-0.4, -0.2) is 4.98 Å². The van der Waals surface area contributed by atoms with Crippen LogP contribution in [0.15, 0.2) is 30.3 Å². The summed E-state index contributed by atoms with van der Waals surface area (Å²) in [6.07, 6.45) is -4.51. The number of hydrogen-bond donors (Lipinski definition) is 2. The molecule has 108 valence electrons. The van der Waals surface area contributed by atoms with Gasteiger partial charge in [0.1, 0.15) is 17.0 Å². The van der Waals surface area contributed by atoms with E-state index >= 15 is 0 Å². The lowest BCUT2D eigenvalue weighted by Crippen LogP contribution is -2.06. The number of aromatic nitrogens is 1. The monoisotopic (exact) mass is 312 g/mol. The van der Waals surface area contributed by atoms with Crippen LogP contribution in [0.4, 0.5) is 30.4 Å². The van der Waals surface area contributed by atoms with Gasteiger partial charge in [-0.15, -0.1) is 0 Å². The molecule has 8 heteroatoms. The zero-order valence-electron chi connectivity index (χ0n) is 10.4. The van der Waals surface area contributed by atoms with Gasteiger partial charge in [-0.2, -0.15) is 18.4 Å². The number of benzene rings is 1. The predicted molar refractivity (Wildman–Crippen MR) is 73.1 cm³/mol. The van der Waals surface area contributed by atoms with E-state index in [2.05, 4.69) is 10.3 Å². The molecule has 0 aliphatic carbocycles. The second-order valence-electron chi connectivity index (χ2n) is 4.10. The van der Waals surface area contributed by atoms with Gasteiger partial charge in [-0.25, -0.2) is 4.98 Å². The minimum Gasteiger partial charge on any atom is -0.399 e. The van der Waals surface area contributed by atoms with Crippen LogP contribution in [0.3, 0.4) is 0 Å². The Bertz CT molecular complexity index is 702. The Kier molecular flexibility index (Phi) is 3.91. The third-order valence-electron chi connectivity index (χ3n) is 2.55. The summed E-state index contributed by atoms with van der Waals surface area (Å²) in [7, 11) is 0. The van der Waals surface area contributed by atoms with Crippen molar-refractivity contribution in [1.82, 2.24) is 4.98 Å². The third kappa shape index (κ3) is 3.55. The zero-order chi connectivity index (χ0) is 15.6. The predicted octanol–water partition coefficient (Wildman–Crippen LogP) is 3.95. The number of nitrogens with one attached hydrogen (secondary N) is 1. The molecule has 0 saturated heterocycles. The van der Waals surface area contributed by atoms with Gasteiger partial charge >= 0.3 is 6.18 Å². The maximum Gasteiger partial charge on any atom is 0.416 e. The second-order valence-corrected chi connectivity index (χ2v) is 4.49. The van der Waals surface area contributed by atoms with Crippen LogP contribution in [0.1, 0.15) is 11.1 Å². The average Bonchev–Trinajstić information content (AvgIpc) is 2.36. The molecule has 0 spiro atoms. The van der Waals surface area contributed by atoms with Crippen LogP contribution in [0.25, 0.3) is 0 Å². The molecular formula is C13H8ClF3N4. The van der Waals surface area contributed by atoms with Gasteiger partial charge in [0.25, 0.3) is 0 Å². The molecule has 1 aromatic heterocycles. The Morgan fingerprint density at radius 2 is 1.95 bits per heavy atom. The quantitative estimate of drug-likeness (QED) is 0.823. The first-order chi connectivity index (χ1) is 9.79. The number of alkyl halides is 3. The van der Waals surface area contributed by atoms with E-state index < -0.39 is 11.7 Å². The summed E-state index contributed by atoms with van der Waals surface area (Å²) in [4.78, 5) is 3.92. The number of hydrogen-bond acceptors (Lipinski definition) is 4. The van der Waals surface area contributed by atoms with Crippen molar-refractivity contribution < 1.29 is 13.2 Å². The van der Waals surface area contributed by atoms with E-state index in [1.54, 1.807) is 6.07 Å². The first-order valence-electron chi connectivity index (χ1n) is 5.61. The van der Waals surface area contributed by atoms with Crippen LogP contribution in [0.5, 0.6) is 0 Å². The van der Waals surface area contributed by atoms with Crippen LogP contribution in [0.2, 0.25) is 5.15 Å². The Hall–Kier alpha value is -2.46. The molecule has 0 aliphatic heterocycles. The van der Waals surface area contributed by atoms with Gasteiger partial charge in [-0.1, -0.05) is 11.6 Å². The second kappa shape index (κ2) is 5.50. The van der Waals surface area contributed by atoms with Crippen LogP contribution >= 0.6 is 11.6 Å². The summed E-state index contributed by atoms with van der Waals surface area (Å²) < 4.78 is 37.8. The summed E-state index contributed by atoms with van der Waals surface area (Å²) in [6.45, 7) is 0. The Morgan fingerprint density at radius 3 is 2.52 bits per heavy atom. The molecule has 0 aliphatic rings. The molecule has 1 aromatic carbocycles. The van der Waals surface area contributed by atoms with Crippen molar-refractivity contribution in [2.75, 3.05) is 11.1 Å². The highest BCUT2D eigenvalue weighted by Crippen LogP contribution is 2.32. The molecule has 4 nitrogen and oxygen atoms in total. The maximum atomic E-state index is 12.6. The SMILES string of the molecule is N#Cc1cc(C(F)(F)F)ccc1Nc1cc(N)cc(Cl)n1. The first kappa shape index (κ1) is 14.9. The molecule has 0 radical (unpaired) electrons. The van der Waals surface area contributed by atoms with Gasteiger partial charge < -0.3 is 11.1 Å². The number of nitrogen functional groups attached to an aromatic ring is 1. The van der Waals surface area contributed by atoms with Crippen molar-refractivity contribution in [3.8, 4) is 6.07 Å². The topological polar surface area (TPSA) is 74.7 Å². The number of nitriles is 1. The van der Waals surface area contributed by atoms with E-state index in [4.69, 9.17) is 22.6 Å². The fraction of sp³-hybridized carbons (Fsp3) is 0.0769. The summed E-state index contributed by atoms with van der Waals surface area (Å²) in [5.74, 6) is 0.233. The summed E-state index contributed by atoms with van der Waals surface area (Å²) >= 11 is 5.73. The molecular weight excluding hydrogens is 305 g/mol. The van der Waals surface area contributed by atoms with E-state index in [0.29, 0.717) is 5.69 Å². The van der Waals surface area contributed by atoms with Gasteiger partial charge in [-0.05, 0) is 24.3 Å². The number of nitrogens with two attached hydrogens (primary N) is 1. The van der Waals surface area contributed by atoms with Crippen molar-refractivity contribution in [3.05, 3.63) is 46.6 Å². The molecule has 0 saturated carbocycles. The van der Waals surface area contributed by atoms with E-state index in [9.17, 15) is 13.2 Å². The molecule has 21 heavy (non-hydrogen) atoms. The van der Waals surface area contributed by atoms with Crippen molar-refractivity contribution in [2.45, 2.75) is 6.18 Å². The van der Waals surface area contributed by atoms with E-state index in [1.165, 1.54) is 12.1 Å². The fourth-order valence-electron chi connectivity index (χ4n) is 1.64. The van der Waals surface area contributed by atoms with Gasteiger partial charge in [-0.3, -0.25) is 0 Å². The minimum atomic E-state index is -4.51. The summed E-state index contributed by atoms with van der Waals surface area (Å²) in [5.41, 5.74) is 5.04. The van der Waals surface area contributed by atoms with Gasteiger partial charge in [0.05, 0.1) is 16.8 Å². The largest absolute Gasteiger partial charge is 0.416 e. The summed E-state index contributed by atoms with van der Waals surface area (Å²) in [5, 5.41) is 11.8. The number of pyridine rings is 1. The standard InChI is InChI=1S/C13H8ClF3N4/c14-11-4-9(19)5-12(21-11)20-10-2-1-8(13(15,16)17)3-7(10)6-18/h1-5H,(H3,19,20,21). The Morgan fingerprint density at radius 1 is 1.24 bits per heavy atom. The molecule has 0 amide bonds. The molecule has 3 N–H and O–H groups in total. The van der Waals surface area contributed by atoms with Gasteiger partial charge in [0, 0.05) is 11.8 Å². The minimum absolute atomic E-state index is 0.128. The third-order valence-corrected chi connectivity index (χ3v) is 2.74. The van der Waals surface area contributed by atoms with Crippen LogP contribution < -0.4 is 11.1 Å². The highest BCUT2D eigenvalue weighted by Gasteiger charge is 2.31. The van der Waals surface area contributed by atoms with Crippen molar-refractivity contribution in [1.29, 1.82) is 5.26 Å². The van der Waals surface area contributed by atoms with Crippen molar-refractivity contribution >= 4 is 28.8 Å². The number of rotatable bonds is 2. The summed E-state index contributed by atoms with van der Waals surface area (Å²) in [6, 6.07) is 7.36. The lowest BCUT2D eigenvalue weighted by molar-refractivity contribution is -0.137. The van der Waals surface area contributed by atoms with Gasteiger partial charge in [0.15, 0.2) is 0 Å². The molecule has 0 unspecified atom stereocenters. The lowest BCUT2D eigenvalue weighted by Gasteiger charge is -2.11. The van der Waals surface area contributed by atoms with E-state index in [-0.39, 0.29) is 22.2 Å². The Labute approximate surface area is 123 Å². The molecule has 2 aromatic rings. The molecule has 1 heterocycles. The first-order valence-corrected chi connectivity index (χ1v) is 5.99. The number of halogens is 4. The molecule has 0 atom stereocenters.